The first-order valence-electron chi connectivity index (χ1n) is 14.6. The summed E-state index contributed by atoms with van der Waals surface area (Å²) in [5.41, 5.74) is -1.06. The Kier molecular flexibility index (Phi) is 6.21. The van der Waals surface area contributed by atoms with E-state index in [1.165, 1.54) is 20.8 Å². The SMILES string of the molecule is CC(=O)OC1C(OC(C)=O)C2(C)C(=CCC2c2ccoc2)C2(C)C(OC(C)=O)CC3C(C)(C)OC4CC(=O)CC43C12. The fraction of sp³-hybridized carbons (Fsp3) is 0.688. The molecule has 1 saturated heterocycles. The molecule has 1 aliphatic heterocycles. The summed E-state index contributed by atoms with van der Waals surface area (Å²) in [4.78, 5) is 51.6. The molecule has 1 aromatic rings. The van der Waals surface area contributed by atoms with Crippen molar-refractivity contribution in [3.05, 3.63) is 35.8 Å². The highest BCUT2D eigenvalue weighted by atomic mass is 16.6. The van der Waals surface area contributed by atoms with E-state index in [1.807, 2.05) is 19.9 Å². The van der Waals surface area contributed by atoms with Gasteiger partial charge in [-0.1, -0.05) is 25.5 Å². The van der Waals surface area contributed by atoms with Gasteiger partial charge in [-0.05, 0) is 44.2 Å². The summed E-state index contributed by atoms with van der Waals surface area (Å²) in [6.45, 7) is 12.3. The molecular weight excluding hydrogens is 528 g/mol. The summed E-state index contributed by atoms with van der Waals surface area (Å²) in [5.74, 6) is -2.14. The molecular formula is C32H40O9. The van der Waals surface area contributed by atoms with Crippen molar-refractivity contribution in [3.63, 3.8) is 0 Å². The second kappa shape index (κ2) is 9.03. The lowest BCUT2D eigenvalue weighted by molar-refractivity contribution is -0.246. The van der Waals surface area contributed by atoms with Crippen LogP contribution in [0.2, 0.25) is 0 Å². The molecule has 6 rings (SSSR count). The van der Waals surface area contributed by atoms with Crippen molar-refractivity contribution in [2.45, 2.75) is 110 Å². The Morgan fingerprint density at radius 3 is 2.24 bits per heavy atom. The number of fused-ring (bicyclic) bond motifs is 3. The second-order valence-corrected chi connectivity index (χ2v) is 13.7. The highest BCUT2D eigenvalue weighted by Gasteiger charge is 2.80. The summed E-state index contributed by atoms with van der Waals surface area (Å²) >= 11 is 0. The Balaban J connectivity index is 1.65. The molecule has 1 spiro atoms. The molecule has 4 aliphatic carbocycles. The van der Waals surface area contributed by atoms with Crippen LogP contribution in [0.15, 0.2) is 34.7 Å². The zero-order valence-electron chi connectivity index (χ0n) is 24.9. The molecule has 222 valence electrons. The monoisotopic (exact) mass is 568 g/mol. The molecule has 1 aromatic heterocycles. The molecule has 4 fully saturated rings. The third-order valence-corrected chi connectivity index (χ3v) is 11.3. The highest BCUT2D eigenvalue weighted by molar-refractivity contribution is 5.83. The van der Waals surface area contributed by atoms with Gasteiger partial charge in [-0.3, -0.25) is 19.2 Å². The van der Waals surface area contributed by atoms with E-state index in [0.29, 0.717) is 12.8 Å². The molecule has 10 atom stereocenters. The smallest absolute Gasteiger partial charge is 0.303 e. The van der Waals surface area contributed by atoms with Gasteiger partial charge in [-0.15, -0.1) is 0 Å². The van der Waals surface area contributed by atoms with Crippen molar-refractivity contribution in [1.82, 2.24) is 0 Å². The topological polar surface area (TPSA) is 118 Å². The minimum atomic E-state index is -0.914. The average molecular weight is 569 g/mol. The van der Waals surface area contributed by atoms with E-state index in [2.05, 4.69) is 19.9 Å². The molecule has 10 unspecified atom stereocenters. The van der Waals surface area contributed by atoms with Crippen LogP contribution in [0.25, 0.3) is 0 Å². The number of furan rings is 1. The molecule has 0 amide bonds. The number of ether oxygens (including phenoxy) is 4. The first-order chi connectivity index (χ1) is 19.2. The van der Waals surface area contributed by atoms with Gasteiger partial charge in [-0.2, -0.15) is 0 Å². The third-order valence-electron chi connectivity index (χ3n) is 11.3. The van der Waals surface area contributed by atoms with E-state index in [1.54, 1.807) is 12.5 Å². The summed E-state index contributed by atoms with van der Waals surface area (Å²) < 4.78 is 30.8. The number of allylic oxidation sites excluding steroid dienone is 1. The quantitative estimate of drug-likeness (QED) is 0.290. The molecule has 0 radical (unpaired) electrons. The van der Waals surface area contributed by atoms with Crippen molar-refractivity contribution in [2.24, 2.45) is 28.1 Å². The molecule has 3 saturated carbocycles. The van der Waals surface area contributed by atoms with Gasteiger partial charge in [0, 0.05) is 61.7 Å². The van der Waals surface area contributed by atoms with Crippen LogP contribution in [0, 0.1) is 28.1 Å². The predicted octanol–water partition coefficient (Wildman–Crippen LogP) is 4.68. The first kappa shape index (κ1) is 28.2. The van der Waals surface area contributed by atoms with Crippen molar-refractivity contribution in [3.8, 4) is 0 Å². The Morgan fingerprint density at radius 1 is 0.951 bits per heavy atom. The Labute approximate surface area is 240 Å². The Morgan fingerprint density at radius 2 is 1.63 bits per heavy atom. The minimum absolute atomic E-state index is 0.0967. The van der Waals surface area contributed by atoms with Gasteiger partial charge >= 0.3 is 17.9 Å². The number of carbonyl (C=O) groups is 4. The number of hydrogen-bond acceptors (Lipinski definition) is 9. The Hall–Kier alpha value is -2.94. The standard InChI is InChI=1S/C32H40O9/c1-16(33)38-24-13-23-29(4,5)41-25-12-20(36)14-32(23,25)27-26(39-17(2)34)28(40-18(3)35)30(6)21(19-10-11-37-15-19)8-9-22(30)31(24,27)7/h9-11,15,21,23-28H,8,12-14H2,1-7H3. The lowest BCUT2D eigenvalue weighted by atomic mass is 9.38. The van der Waals surface area contributed by atoms with Gasteiger partial charge in [0.2, 0.25) is 0 Å². The molecule has 0 bridgehead atoms. The molecule has 5 aliphatic rings. The summed E-state index contributed by atoms with van der Waals surface area (Å²) in [6, 6.07) is 1.91. The second-order valence-electron chi connectivity index (χ2n) is 13.7. The van der Waals surface area contributed by atoms with Gasteiger partial charge in [0.15, 0.2) is 0 Å². The van der Waals surface area contributed by atoms with Crippen molar-refractivity contribution < 1.29 is 42.5 Å². The maximum atomic E-state index is 13.3. The molecule has 0 aromatic carbocycles. The van der Waals surface area contributed by atoms with E-state index < -0.39 is 70.1 Å². The van der Waals surface area contributed by atoms with Gasteiger partial charge < -0.3 is 23.4 Å². The largest absolute Gasteiger partial charge is 0.472 e. The lowest BCUT2D eigenvalue weighted by Crippen LogP contribution is -2.72. The van der Waals surface area contributed by atoms with Crippen molar-refractivity contribution in [1.29, 1.82) is 0 Å². The third kappa shape index (κ3) is 3.69. The number of esters is 3. The van der Waals surface area contributed by atoms with Crippen LogP contribution >= 0.6 is 0 Å². The fourth-order valence-corrected chi connectivity index (χ4v) is 10.3. The van der Waals surface area contributed by atoms with Crippen LogP contribution in [0.3, 0.4) is 0 Å². The summed E-state index contributed by atoms with van der Waals surface area (Å²) in [6.07, 6.45) is 4.41. The van der Waals surface area contributed by atoms with Gasteiger partial charge in [-0.25, -0.2) is 0 Å². The molecule has 2 heterocycles. The zero-order chi connectivity index (χ0) is 29.7. The van der Waals surface area contributed by atoms with E-state index in [9.17, 15) is 19.2 Å². The van der Waals surface area contributed by atoms with Gasteiger partial charge in [0.1, 0.15) is 24.1 Å². The number of hydrogen-bond donors (Lipinski definition) is 0. The van der Waals surface area contributed by atoms with E-state index in [4.69, 9.17) is 23.4 Å². The van der Waals surface area contributed by atoms with Crippen molar-refractivity contribution >= 4 is 23.7 Å². The summed E-state index contributed by atoms with van der Waals surface area (Å²) in [7, 11) is 0. The molecule has 9 heteroatoms. The highest BCUT2D eigenvalue weighted by Crippen LogP contribution is 2.76. The van der Waals surface area contributed by atoms with Crippen LogP contribution in [0.4, 0.5) is 0 Å². The molecule has 0 N–H and O–H groups in total. The number of rotatable bonds is 4. The van der Waals surface area contributed by atoms with E-state index in [-0.39, 0.29) is 30.5 Å². The van der Waals surface area contributed by atoms with Crippen LogP contribution in [-0.4, -0.2) is 53.7 Å². The maximum absolute atomic E-state index is 13.3. The normalized spacial score (nSPS) is 43.7. The minimum Gasteiger partial charge on any atom is -0.472 e. The predicted molar refractivity (Wildman–Crippen MR) is 144 cm³/mol. The van der Waals surface area contributed by atoms with Crippen molar-refractivity contribution in [2.75, 3.05) is 0 Å². The lowest BCUT2D eigenvalue weighted by Gasteiger charge is -2.67. The van der Waals surface area contributed by atoms with Crippen LogP contribution in [0.1, 0.15) is 85.6 Å². The fourth-order valence-electron chi connectivity index (χ4n) is 10.3. The average Bonchev–Trinajstić information content (AvgIpc) is 3.59. The van der Waals surface area contributed by atoms with Crippen LogP contribution < -0.4 is 0 Å². The first-order valence-corrected chi connectivity index (χ1v) is 14.6. The number of Topliss-reactive ketones (excluding diaryl/α,β-unsaturated/α-hetero) is 1. The van der Waals surface area contributed by atoms with Gasteiger partial charge in [0.05, 0.1) is 24.2 Å². The zero-order valence-corrected chi connectivity index (χ0v) is 24.9. The molecule has 41 heavy (non-hydrogen) atoms. The van der Waals surface area contributed by atoms with Gasteiger partial charge in [0.25, 0.3) is 0 Å². The van der Waals surface area contributed by atoms with E-state index >= 15 is 0 Å². The number of ketones is 1. The maximum Gasteiger partial charge on any atom is 0.303 e. The number of carbonyl (C=O) groups excluding carboxylic acids is 4. The Bertz CT molecular complexity index is 1330. The van der Waals surface area contributed by atoms with E-state index in [0.717, 1.165) is 11.1 Å². The molecule has 9 nitrogen and oxygen atoms in total. The van der Waals surface area contributed by atoms with Crippen LogP contribution in [-0.2, 0) is 38.1 Å². The van der Waals surface area contributed by atoms with Crippen LogP contribution in [0.5, 0.6) is 0 Å². The summed E-state index contributed by atoms with van der Waals surface area (Å²) in [5, 5.41) is 0.